The molecule has 0 saturated carbocycles. The van der Waals surface area contributed by atoms with Gasteiger partial charge in [0.25, 0.3) is 11.5 Å². The average molecular weight is 344 g/mol. The number of anilines is 1. The first-order valence-corrected chi connectivity index (χ1v) is 8.26. The van der Waals surface area contributed by atoms with Crippen LogP contribution in [0.2, 0.25) is 0 Å². The van der Waals surface area contributed by atoms with E-state index in [0.29, 0.717) is 17.0 Å². The number of thiophene rings is 1. The van der Waals surface area contributed by atoms with E-state index in [9.17, 15) is 14.4 Å². The van der Waals surface area contributed by atoms with Gasteiger partial charge >= 0.3 is 5.69 Å². The Labute approximate surface area is 141 Å². The number of amides is 1. The van der Waals surface area contributed by atoms with E-state index in [0.717, 1.165) is 10.1 Å². The summed E-state index contributed by atoms with van der Waals surface area (Å²) < 4.78 is 2.32. The fourth-order valence-corrected chi connectivity index (χ4v) is 3.18. The lowest BCUT2D eigenvalue weighted by Gasteiger charge is -2.14. The maximum atomic E-state index is 12.6. The first kappa shape index (κ1) is 16.1. The van der Waals surface area contributed by atoms with Gasteiger partial charge in [0.05, 0.1) is 10.6 Å². The molecule has 3 aromatic rings. The molecule has 3 rings (SSSR count). The van der Waals surface area contributed by atoms with E-state index < -0.39 is 11.2 Å². The summed E-state index contributed by atoms with van der Waals surface area (Å²) in [6.07, 6.45) is 2.18. The van der Waals surface area contributed by atoms with Crippen molar-refractivity contribution < 1.29 is 4.79 Å². The molecule has 8 heteroatoms. The number of carbonyl (C=O) groups is 1. The standard InChI is InChI=1S/C16H16N4O3S/c1-4-9-8-17-13-11(15(22)20(3)16(23)19(13)2)12(9)18-14(21)10-6-5-7-24-10/h5-8H,4H2,1-3H3,(H,17,18,21). The van der Waals surface area contributed by atoms with Gasteiger partial charge in [0, 0.05) is 20.3 Å². The number of hydrogen-bond acceptors (Lipinski definition) is 5. The van der Waals surface area contributed by atoms with E-state index in [-0.39, 0.29) is 16.9 Å². The first-order chi connectivity index (χ1) is 11.5. The van der Waals surface area contributed by atoms with Crippen molar-refractivity contribution in [3.8, 4) is 0 Å². The summed E-state index contributed by atoms with van der Waals surface area (Å²) in [5, 5.41) is 4.87. The van der Waals surface area contributed by atoms with Gasteiger partial charge in [0.2, 0.25) is 0 Å². The minimum atomic E-state index is -0.475. The molecule has 7 nitrogen and oxygen atoms in total. The van der Waals surface area contributed by atoms with Crippen LogP contribution in [0.3, 0.4) is 0 Å². The number of fused-ring (bicyclic) bond motifs is 1. The molecule has 0 aliphatic carbocycles. The van der Waals surface area contributed by atoms with Crippen LogP contribution in [0.5, 0.6) is 0 Å². The van der Waals surface area contributed by atoms with Crippen LogP contribution >= 0.6 is 11.3 Å². The molecule has 0 spiro atoms. The quantitative estimate of drug-likeness (QED) is 0.780. The van der Waals surface area contributed by atoms with E-state index >= 15 is 0 Å². The average Bonchev–Trinajstić information content (AvgIpc) is 3.12. The molecule has 0 saturated heterocycles. The Balaban J connectivity index is 2.31. The zero-order chi connectivity index (χ0) is 17.4. The topological polar surface area (TPSA) is 86.0 Å². The summed E-state index contributed by atoms with van der Waals surface area (Å²) >= 11 is 1.32. The van der Waals surface area contributed by atoms with Crippen molar-refractivity contribution in [1.29, 1.82) is 0 Å². The Morgan fingerprint density at radius 3 is 2.67 bits per heavy atom. The van der Waals surface area contributed by atoms with Gasteiger partial charge in [-0.2, -0.15) is 0 Å². The Bertz CT molecular complexity index is 1050. The monoisotopic (exact) mass is 344 g/mol. The minimum absolute atomic E-state index is 0.240. The highest BCUT2D eigenvalue weighted by Gasteiger charge is 2.19. The third kappa shape index (κ3) is 2.44. The number of carbonyl (C=O) groups excluding carboxylic acids is 1. The van der Waals surface area contributed by atoms with Gasteiger partial charge in [0.1, 0.15) is 5.39 Å². The summed E-state index contributed by atoms with van der Waals surface area (Å²) in [7, 11) is 2.96. The molecular formula is C16H16N4O3S. The smallest absolute Gasteiger partial charge is 0.320 e. The van der Waals surface area contributed by atoms with Crippen molar-refractivity contribution in [1.82, 2.24) is 14.1 Å². The molecule has 1 amide bonds. The summed E-state index contributed by atoms with van der Waals surface area (Å²) in [4.78, 5) is 41.9. The minimum Gasteiger partial charge on any atom is -0.320 e. The number of aryl methyl sites for hydroxylation is 2. The van der Waals surface area contributed by atoms with Crippen molar-refractivity contribution in [2.24, 2.45) is 14.1 Å². The summed E-state index contributed by atoms with van der Waals surface area (Å²) in [5.74, 6) is -0.289. The zero-order valence-electron chi connectivity index (χ0n) is 13.5. The second-order valence-corrected chi connectivity index (χ2v) is 6.30. The number of hydrogen-bond donors (Lipinski definition) is 1. The molecule has 0 aromatic carbocycles. The van der Waals surface area contributed by atoms with Crippen LogP contribution in [0.1, 0.15) is 22.2 Å². The van der Waals surface area contributed by atoms with Crippen LogP contribution in [0.15, 0.2) is 33.3 Å². The second-order valence-electron chi connectivity index (χ2n) is 5.35. The molecule has 0 unspecified atom stereocenters. The Morgan fingerprint density at radius 1 is 1.29 bits per heavy atom. The van der Waals surface area contributed by atoms with Crippen LogP contribution < -0.4 is 16.6 Å². The molecule has 0 radical (unpaired) electrons. The van der Waals surface area contributed by atoms with Crippen LogP contribution in [0.25, 0.3) is 11.0 Å². The normalized spacial score (nSPS) is 11.0. The number of pyridine rings is 1. The van der Waals surface area contributed by atoms with Crippen molar-refractivity contribution in [3.63, 3.8) is 0 Å². The summed E-state index contributed by atoms with van der Waals surface area (Å²) in [5.41, 5.74) is 0.471. The molecule has 0 bridgehead atoms. The second kappa shape index (κ2) is 6.04. The number of aromatic nitrogens is 3. The molecule has 1 N–H and O–H groups in total. The van der Waals surface area contributed by atoms with Gasteiger partial charge in [-0.25, -0.2) is 9.78 Å². The number of nitrogens with one attached hydrogen (secondary N) is 1. The van der Waals surface area contributed by atoms with Gasteiger partial charge in [-0.15, -0.1) is 11.3 Å². The van der Waals surface area contributed by atoms with Gasteiger partial charge in [-0.05, 0) is 23.4 Å². The van der Waals surface area contributed by atoms with Crippen molar-refractivity contribution in [2.45, 2.75) is 13.3 Å². The highest BCUT2D eigenvalue weighted by Crippen LogP contribution is 2.24. The largest absolute Gasteiger partial charge is 0.332 e. The SMILES string of the molecule is CCc1cnc2c(c1NC(=O)c1cccs1)c(=O)n(C)c(=O)n2C. The highest BCUT2D eigenvalue weighted by atomic mass is 32.1. The van der Waals surface area contributed by atoms with Gasteiger partial charge < -0.3 is 5.32 Å². The van der Waals surface area contributed by atoms with Gasteiger partial charge in [-0.1, -0.05) is 13.0 Å². The number of rotatable bonds is 3. The molecule has 24 heavy (non-hydrogen) atoms. The molecule has 0 aliphatic rings. The van der Waals surface area contributed by atoms with E-state index in [1.165, 1.54) is 23.0 Å². The molecule has 0 fully saturated rings. The molecule has 3 aromatic heterocycles. The van der Waals surface area contributed by atoms with Crippen LogP contribution in [-0.2, 0) is 20.5 Å². The first-order valence-electron chi connectivity index (χ1n) is 7.38. The summed E-state index contributed by atoms with van der Waals surface area (Å²) in [6, 6.07) is 3.50. The maximum absolute atomic E-state index is 12.6. The molecule has 0 atom stereocenters. The van der Waals surface area contributed by atoms with Gasteiger partial charge in [-0.3, -0.25) is 18.7 Å². The Morgan fingerprint density at radius 2 is 2.04 bits per heavy atom. The molecule has 0 aliphatic heterocycles. The maximum Gasteiger partial charge on any atom is 0.332 e. The Kier molecular flexibility index (Phi) is 4.06. The van der Waals surface area contributed by atoms with Crippen LogP contribution in [-0.4, -0.2) is 20.0 Å². The predicted octanol–water partition coefficient (Wildman–Crippen LogP) is 1.51. The predicted molar refractivity (Wildman–Crippen MR) is 93.9 cm³/mol. The molecule has 3 heterocycles. The van der Waals surface area contributed by atoms with E-state index in [1.807, 2.05) is 12.3 Å². The fraction of sp³-hybridized carbons (Fsp3) is 0.250. The van der Waals surface area contributed by atoms with E-state index in [2.05, 4.69) is 10.3 Å². The van der Waals surface area contributed by atoms with E-state index in [4.69, 9.17) is 0 Å². The fourth-order valence-electron chi connectivity index (χ4n) is 2.56. The lowest BCUT2D eigenvalue weighted by molar-refractivity contribution is 0.103. The lowest BCUT2D eigenvalue weighted by Crippen LogP contribution is -2.38. The van der Waals surface area contributed by atoms with Crippen molar-refractivity contribution >= 4 is 34.0 Å². The molecular weight excluding hydrogens is 328 g/mol. The third-order valence-electron chi connectivity index (χ3n) is 3.91. The van der Waals surface area contributed by atoms with Crippen LogP contribution in [0, 0.1) is 0 Å². The lowest BCUT2D eigenvalue weighted by atomic mass is 10.1. The summed E-state index contributed by atoms with van der Waals surface area (Å²) in [6.45, 7) is 1.91. The highest BCUT2D eigenvalue weighted by molar-refractivity contribution is 7.12. The van der Waals surface area contributed by atoms with E-state index in [1.54, 1.807) is 25.4 Å². The van der Waals surface area contributed by atoms with Crippen molar-refractivity contribution in [2.75, 3.05) is 5.32 Å². The molecule has 124 valence electrons. The third-order valence-corrected chi connectivity index (χ3v) is 4.78. The Hall–Kier alpha value is -2.74. The van der Waals surface area contributed by atoms with Gasteiger partial charge in [0.15, 0.2) is 5.65 Å². The zero-order valence-corrected chi connectivity index (χ0v) is 14.3. The van der Waals surface area contributed by atoms with Crippen molar-refractivity contribution in [3.05, 3.63) is 55.0 Å². The van der Waals surface area contributed by atoms with Crippen LogP contribution in [0.4, 0.5) is 5.69 Å². The number of nitrogens with zero attached hydrogens (tertiary/aromatic N) is 3.